The van der Waals surface area contributed by atoms with Crippen LogP contribution in [0, 0.1) is 18.8 Å². The largest absolute Gasteiger partial charge is 0.416 e. The predicted octanol–water partition coefficient (Wildman–Crippen LogP) is 4.52. The van der Waals surface area contributed by atoms with E-state index in [-0.39, 0.29) is 29.8 Å². The first-order valence-corrected chi connectivity index (χ1v) is 10.0. The highest BCUT2D eigenvalue weighted by Gasteiger charge is 2.51. The number of alkyl halides is 3. The van der Waals surface area contributed by atoms with Gasteiger partial charge >= 0.3 is 6.18 Å². The quantitative estimate of drug-likeness (QED) is 0.816. The number of benzene rings is 1. The molecule has 0 unspecified atom stereocenters. The van der Waals surface area contributed by atoms with Crippen LogP contribution in [-0.2, 0) is 15.8 Å². The van der Waals surface area contributed by atoms with E-state index in [9.17, 15) is 22.8 Å². The van der Waals surface area contributed by atoms with Gasteiger partial charge in [0.25, 0.3) is 0 Å². The molecule has 1 aliphatic carbocycles. The molecule has 0 spiro atoms. The van der Waals surface area contributed by atoms with E-state index in [0.29, 0.717) is 30.0 Å². The van der Waals surface area contributed by atoms with Gasteiger partial charge in [0.05, 0.1) is 11.5 Å². The Hall–Kier alpha value is -2.05. The molecule has 2 amide bonds. The van der Waals surface area contributed by atoms with Gasteiger partial charge in [-0.3, -0.25) is 9.59 Å². The van der Waals surface area contributed by atoms with Crippen LogP contribution in [0.4, 0.5) is 18.9 Å². The number of aryl methyl sites for hydroxylation is 1. The Morgan fingerprint density at radius 1 is 1.18 bits per heavy atom. The monoisotopic (exact) mass is 394 g/mol. The van der Waals surface area contributed by atoms with Crippen molar-refractivity contribution in [3.8, 4) is 0 Å². The Balaban J connectivity index is 1.42. The third-order valence-electron chi connectivity index (χ3n) is 6.66. The molecule has 2 heterocycles. The van der Waals surface area contributed by atoms with Crippen LogP contribution in [0.15, 0.2) is 18.2 Å². The van der Waals surface area contributed by atoms with Crippen LogP contribution in [0.5, 0.6) is 0 Å². The molecule has 7 heteroatoms. The molecule has 28 heavy (non-hydrogen) atoms. The Morgan fingerprint density at radius 3 is 2.54 bits per heavy atom. The number of carbonyl (C=O) groups is 2. The second-order valence-electron chi connectivity index (χ2n) is 8.46. The SMILES string of the molecule is Cc1cc(C(F)(F)F)ccc1NC(=O)[C@@H]1C[C@@H]2CC[C@H]1N2C(=O)CC1CCC1. The highest BCUT2D eigenvalue weighted by molar-refractivity contribution is 5.95. The van der Waals surface area contributed by atoms with Crippen molar-refractivity contribution in [3.63, 3.8) is 0 Å². The van der Waals surface area contributed by atoms with E-state index >= 15 is 0 Å². The Morgan fingerprint density at radius 2 is 1.93 bits per heavy atom. The molecule has 4 nitrogen and oxygen atoms in total. The van der Waals surface area contributed by atoms with Crippen molar-refractivity contribution in [1.29, 1.82) is 0 Å². The lowest BCUT2D eigenvalue weighted by atomic mass is 9.82. The van der Waals surface area contributed by atoms with Crippen LogP contribution in [0.1, 0.15) is 56.1 Å². The molecular weight excluding hydrogens is 369 g/mol. The summed E-state index contributed by atoms with van der Waals surface area (Å²) in [7, 11) is 0. The molecular formula is C21H25F3N2O2. The zero-order chi connectivity index (χ0) is 20.1. The lowest BCUT2D eigenvalue weighted by molar-refractivity contribution is -0.137. The number of anilines is 1. The van der Waals surface area contributed by atoms with Gasteiger partial charge in [0, 0.05) is 24.2 Å². The minimum Gasteiger partial charge on any atom is -0.336 e. The number of hydrogen-bond acceptors (Lipinski definition) is 2. The van der Waals surface area contributed by atoms with Crippen molar-refractivity contribution < 1.29 is 22.8 Å². The van der Waals surface area contributed by atoms with Gasteiger partial charge in [0.2, 0.25) is 11.8 Å². The zero-order valence-electron chi connectivity index (χ0n) is 15.9. The lowest BCUT2D eigenvalue weighted by Crippen LogP contribution is -2.40. The fraction of sp³-hybridized carbons (Fsp3) is 0.619. The van der Waals surface area contributed by atoms with Crippen molar-refractivity contribution in [2.45, 2.75) is 70.1 Å². The molecule has 2 saturated heterocycles. The number of nitrogens with zero attached hydrogens (tertiary/aromatic N) is 1. The number of carbonyl (C=O) groups excluding carboxylic acids is 2. The maximum Gasteiger partial charge on any atom is 0.416 e. The molecule has 152 valence electrons. The summed E-state index contributed by atoms with van der Waals surface area (Å²) >= 11 is 0. The van der Waals surface area contributed by atoms with E-state index in [4.69, 9.17) is 0 Å². The van der Waals surface area contributed by atoms with Gasteiger partial charge in [0.1, 0.15) is 0 Å². The number of rotatable bonds is 4. The smallest absolute Gasteiger partial charge is 0.336 e. The average Bonchev–Trinajstić information content (AvgIpc) is 3.17. The molecule has 2 bridgehead atoms. The van der Waals surface area contributed by atoms with Crippen LogP contribution in [0.25, 0.3) is 0 Å². The van der Waals surface area contributed by atoms with E-state index in [0.717, 1.165) is 37.8 Å². The predicted molar refractivity (Wildman–Crippen MR) is 98.5 cm³/mol. The summed E-state index contributed by atoms with van der Waals surface area (Å²) in [6.45, 7) is 1.56. The summed E-state index contributed by atoms with van der Waals surface area (Å²) in [5, 5.41) is 2.79. The second kappa shape index (κ2) is 7.08. The lowest BCUT2D eigenvalue weighted by Gasteiger charge is -2.29. The number of hydrogen-bond donors (Lipinski definition) is 1. The van der Waals surface area contributed by atoms with Gasteiger partial charge in [-0.05, 0) is 68.7 Å². The molecule has 1 aromatic carbocycles. The van der Waals surface area contributed by atoms with Gasteiger partial charge < -0.3 is 10.2 Å². The molecule has 3 aliphatic rings. The number of fused-ring (bicyclic) bond motifs is 2. The number of nitrogens with one attached hydrogen (secondary N) is 1. The first kappa shape index (κ1) is 19.3. The topological polar surface area (TPSA) is 49.4 Å². The number of amides is 2. The summed E-state index contributed by atoms with van der Waals surface area (Å²) < 4.78 is 38.5. The van der Waals surface area contributed by atoms with Gasteiger partial charge in [-0.2, -0.15) is 13.2 Å². The van der Waals surface area contributed by atoms with Crippen molar-refractivity contribution in [1.82, 2.24) is 4.90 Å². The first-order chi connectivity index (χ1) is 13.2. The maximum absolute atomic E-state index is 12.8. The van der Waals surface area contributed by atoms with E-state index in [2.05, 4.69) is 5.32 Å². The highest BCUT2D eigenvalue weighted by atomic mass is 19.4. The Labute approximate surface area is 162 Å². The fourth-order valence-electron chi connectivity index (χ4n) is 4.91. The summed E-state index contributed by atoms with van der Waals surface area (Å²) in [5.41, 5.74) is 0.0491. The van der Waals surface area contributed by atoms with E-state index in [1.54, 1.807) is 6.92 Å². The van der Waals surface area contributed by atoms with Gasteiger partial charge in [0.15, 0.2) is 0 Å². The van der Waals surface area contributed by atoms with Crippen LogP contribution in [0.2, 0.25) is 0 Å². The summed E-state index contributed by atoms with van der Waals surface area (Å²) in [5.74, 6) is 0.176. The summed E-state index contributed by atoms with van der Waals surface area (Å²) in [4.78, 5) is 27.5. The Kier molecular flexibility index (Phi) is 4.88. The van der Waals surface area contributed by atoms with E-state index in [1.807, 2.05) is 4.90 Å². The van der Waals surface area contributed by atoms with E-state index < -0.39 is 11.7 Å². The molecule has 3 atom stereocenters. The van der Waals surface area contributed by atoms with E-state index in [1.165, 1.54) is 12.5 Å². The van der Waals surface area contributed by atoms with Crippen LogP contribution < -0.4 is 5.32 Å². The second-order valence-corrected chi connectivity index (χ2v) is 8.46. The van der Waals surface area contributed by atoms with Crippen LogP contribution >= 0.6 is 0 Å². The van der Waals surface area contributed by atoms with Gasteiger partial charge in [-0.1, -0.05) is 6.42 Å². The van der Waals surface area contributed by atoms with Crippen molar-refractivity contribution in [2.75, 3.05) is 5.32 Å². The molecule has 2 aliphatic heterocycles. The zero-order valence-corrected chi connectivity index (χ0v) is 15.9. The third kappa shape index (κ3) is 3.51. The highest BCUT2D eigenvalue weighted by Crippen LogP contribution is 2.44. The minimum absolute atomic E-state index is 0.0765. The van der Waals surface area contributed by atoms with Crippen molar-refractivity contribution in [3.05, 3.63) is 29.3 Å². The Bertz CT molecular complexity index is 788. The van der Waals surface area contributed by atoms with Crippen molar-refractivity contribution >= 4 is 17.5 Å². The first-order valence-electron chi connectivity index (χ1n) is 10.0. The summed E-state index contributed by atoms with van der Waals surface area (Å²) in [6.07, 6.45) is 2.01. The third-order valence-corrected chi connectivity index (χ3v) is 6.66. The molecule has 1 aromatic rings. The van der Waals surface area contributed by atoms with Gasteiger partial charge in [-0.15, -0.1) is 0 Å². The maximum atomic E-state index is 12.8. The molecule has 0 radical (unpaired) electrons. The van der Waals surface area contributed by atoms with Gasteiger partial charge in [-0.25, -0.2) is 0 Å². The summed E-state index contributed by atoms with van der Waals surface area (Å²) in [6, 6.07) is 3.39. The molecule has 1 saturated carbocycles. The molecule has 1 N–H and O–H groups in total. The number of halogens is 3. The van der Waals surface area contributed by atoms with Crippen LogP contribution in [0.3, 0.4) is 0 Å². The molecule has 3 fully saturated rings. The minimum atomic E-state index is -4.40. The molecule has 4 rings (SSSR count). The van der Waals surface area contributed by atoms with Crippen molar-refractivity contribution in [2.24, 2.45) is 11.8 Å². The fourth-order valence-corrected chi connectivity index (χ4v) is 4.91. The standard InChI is InChI=1S/C21H25F3N2O2/c1-12-9-14(21(22,23)24)5-7-17(12)25-20(28)16-11-15-6-8-18(16)26(15)19(27)10-13-3-2-4-13/h5,7,9,13,15-16,18H,2-4,6,8,10-11H2,1H3,(H,25,28)/t15-,16+,18+/m0/s1. The normalized spacial score (nSPS) is 27.0. The van der Waals surface area contributed by atoms with Crippen LogP contribution in [-0.4, -0.2) is 28.8 Å². The average molecular weight is 394 g/mol. The molecule has 0 aromatic heterocycles.